The normalized spacial score (nSPS) is 34.6. The number of aliphatic hydroxyl groups excluding tert-OH is 3. The number of esters is 1. The molecule has 7 nitrogen and oxygen atoms in total. The smallest absolute Gasteiger partial charge is 0.306 e. The number of aliphatic hydroxyl groups is 3. The predicted molar refractivity (Wildman–Crippen MR) is 58.3 cm³/mol. The molecule has 0 amide bonds. The zero-order valence-corrected chi connectivity index (χ0v) is 10.0. The van der Waals surface area contributed by atoms with Gasteiger partial charge in [0.25, 0.3) is 0 Å². The maximum Gasteiger partial charge on any atom is 0.306 e. The van der Waals surface area contributed by atoms with Gasteiger partial charge in [0.05, 0.1) is 13.5 Å². The van der Waals surface area contributed by atoms with E-state index in [9.17, 15) is 20.1 Å². The first kappa shape index (κ1) is 14.3. The zero-order chi connectivity index (χ0) is 13.0. The molecule has 7 heteroatoms. The second-order valence-corrected chi connectivity index (χ2v) is 4.03. The third-order valence-corrected chi connectivity index (χ3v) is 3.04. The number of carbonyl (C=O) groups excluding carboxylic acids is 1. The summed E-state index contributed by atoms with van der Waals surface area (Å²) < 4.78 is 4.49. The van der Waals surface area contributed by atoms with Gasteiger partial charge < -0.3 is 20.1 Å². The van der Waals surface area contributed by atoms with E-state index >= 15 is 0 Å². The predicted octanol–water partition coefficient (Wildman–Crippen LogP) is -1.61. The largest absolute Gasteiger partial charge is 0.469 e. The van der Waals surface area contributed by atoms with Crippen LogP contribution in [0, 0.1) is 5.92 Å². The Hall–Kier alpha value is -0.730. The van der Waals surface area contributed by atoms with Gasteiger partial charge in [-0.1, -0.05) is 6.92 Å². The van der Waals surface area contributed by atoms with Crippen LogP contribution >= 0.6 is 0 Å². The van der Waals surface area contributed by atoms with Crippen molar-refractivity contribution in [2.45, 2.75) is 38.6 Å². The van der Waals surface area contributed by atoms with Crippen molar-refractivity contribution < 1.29 is 24.9 Å². The standard InChI is InChI=1S/C10H20N2O5/c1-3-6-8(14)11-10(16)12(9(6)15)5-4-7(13)17-2/h6,8-11,14-16H,3-5H2,1-2H3. The third kappa shape index (κ3) is 3.36. The number of nitrogens with zero attached hydrogens (tertiary/aromatic N) is 1. The van der Waals surface area contributed by atoms with Gasteiger partial charge in [-0.25, -0.2) is 4.90 Å². The Morgan fingerprint density at radius 3 is 2.59 bits per heavy atom. The van der Waals surface area contributed by atoms with E-state index in [1.54, 1.807) is 0 Å². The number of carbonyl (C=O) groups is 1. The number of ether oxygens (including phenoxy) is 1. The van der Waals surface area contributed by atoms with Crippen LogP contribution in [-0.4, -0.2) is 58.7 Å². The lowest BCUT2D eigenvalue weighted by molar-refractivity contribution is -0.213. The fraction of sp³-hybridized carbons (Fsp3) is 0.900. The van der Waals surface area contributed by atoms with Crippen LogP contribution < -0.4 is 5.32 Å². The van der Waals surface area contributed by atoms with E-state index in [4.69, 9.17) is 0 Å². The summed E-state index contributed by atoms with van der Waals surface area (Å²) in [5.41, 5.74) is 0. The van der Waals surface area contributed by atoms with Gasteiger partial charge in [-0.2, -0.15) is 0 Å². The SMILES string of the molecule is CCC1C(O)NC(O)N(CCC(=O)OC)C1O. The summed E-state index contributed by atoms with van der Waals surface area (Å²) in [6, 6.07) is 0. The molecule has 0 radical (unpaired) electrons. The highest BCUT2D eigenvalue weighted by Crippen LogP contribution is 2.22. The van der Waals surface area contributed by atoms with Crippen LogP contribution in [0.4, 0.5) is 0 Å². The van der Waals surface area contributed by atoms with Crippen LogP contribution in [0.2, 0.25) is 0 Å². The van der Waals surface area contributed by atoms with Gasteiger partial charge in [-0.05, 0) is 6.42 Å². The molecule has 17 heavy (non-hydrogen) atoms. The molecule has 0 aromatic carbocycles. The molecular formula is C10H20N2O5. The highest BCUT2D eigenvalue weighted by Gasteiger charge is 2.39. The molecule has 0 saturated carbocycles. The van der Waals surface area contributed by atoms with Crippen molar-refractivity contribution in [3.8, 4) is 0 Å². The van der Waals surface area contributed by atoms with Gasteiger partial charge in [-0.15, -0.1) is 0 Å². The van der Waals surface area contributed by atoms with Crippen LogP contribution in [-0.2, 0) is 9.53 Å². The van der Waals surface area contributed by atoms with E-state index in [1.165, 1.54) is 12.0 Å². The van der Waals surface area contributed by atoms with Gasteiger partial charge in [0.1, 0.15) is 12.5 Å². The first-order valence-corrected chi connectivity index (χ1v) is 5.64. The number of hydrogen-bond donors (Lipinski definition) is 4. The zero-order valence-electron chi connectivity index (χ0n) is 10.0. The summed E-state index contributed by atoms with van der Waals surface area (Å²) in [4.78, 5) is 12.3. The highest BCUT2D eigenvalue weighted by atomic mass is 16.5. The molecule has 0 aromatic rings. The van der Waals surface area contributed by atoms with Crippen molar-refractivity contribution in [3.63, 3.8) is 0 Å². The van der Waals surface area contributed by atoms with Crippen molar-refractivity contribution in [2.75, 3.05) is 13.7 Å². The van der Waals surface area contributed by atoms with Crippen molar-refractivity contribution in [1.29, 1.82) is 0 Å². The fourth-order valence-electron chi connectivity index (χ4n) is 1.94. The van der Waals surface area contributed by atoms with E-state index in [0.29, 0.717) is 6.42 Å². The Bertz CT molecular complexity index is 263. The van der Waals surface area contributed by atoms with Crippen molar-refractivity contribution in [1.82, 2.24) is 10.2 Å². The van der Waals surface area contributed by atoms with E-state index in [2.05, 4.69) is 10.1 Å². The summed E-state index contributed by atoms with van der Waals surface area (Å²) in [6.45, 7) is 1.99. The Kier molecular flexibility index (Phi) is 5.29. The molecule has 0 aromatic heterocycles. The topological polar surface area (TPSA) is 102 Å². The summed E-state index contributed by atoms with van der Waals surface area (Å²) in [7, 11) is 1.28. The molecule has 1 rings (SSSR count). The monoisotopic (exact) mass is 248 g/mol. The second kappa shape index (κ2) is 6.27. The number of rotatable bonds is 4. The minimum absolute atomic E-state index is 0.0683. The first-order valence-electron chi connectivity index (χ1n) is 5.64. The minimum Gasteiger partial charge on any atom is -0.469 e. The van der Waals surface area contributed by atoms with Gasteiger partial charge in [0, 0.05) is 12.5 Å². The number of methoxy groups -OCH3 is 1. The highest BCUT2D eigenvalue weighted by molar-refractivity contribution is 5.69. The van der Waals surface area contributed by atoms with Gasteiger partial charge >= 0.3 is 5.97 Å². The minimum atomic E-state index is -1.17. The average molecular weight is 248 g/mol. The molecular weight excluding hydrogens is 228 g/mol. The van der Waals surface area contributed by atoms with Gasteiger partial charge in [-0.3, -0.25) is 10.1 Å². The Morgan fingerprint density at radius 2 is 2.06 bits per heavy atom. The molecule has 4 atom stereocenters. The Morgan fingerprint density at radius 1 is 1.41 bits per heavy atom. The summed E-state index contributed by atoms with van der Waals surface area (Å²) in [5.74, 6) is -0.820. The number of hydrogen-bond acceptors (Lipinski definition) is 7. The fourth-order valence-corrected chi connectivity index (χ4v) is 1.94. The van der Waals surface area contributed by atoms with Crippen LogP contribution in [0.3, 0.4) is 0 Å². The lowest BCUT2D eigenvalue weighted by Gasteiger charge is -2.44. The molecule has 1 saturated heterocycles. The molecule has 100 valence electrons. The average Bonchev–Trinajstić information content (AvgIpc) is 2.28. The molecule has 1 aliphatic heterocycles. The lowest BCUT2D eigenvalue weighted by Crippen LogP contribution is -2.65. The molecule has 4 N–H and O–H groups in total. The van der Waals surface area contributed by atoms with E-state index in [1.807, 2.05) is 6.92 Å². The van der Waals surface area contributed by atoms with Crippen LogP contribution in [0.25, 0.3) is 0 Å². The van der Waals surface area contributed by atoms with Crippen molar-refractivity contribution in [2.24, 2.45) is 5.92 Å². The lowest BCUT2D eigenvalue weighted by atomic mass is 9.99. The van der Waals surface area contributed by atoms with Crippen molar-refractivity contribution >= 4 is 5.97 Å². The molecule has 0 bridgehead atoms. The van der Waals surface area contributed by atoms with E-state index in [-0.39, 0.29) is 13.0 Å². The molecule has 1 heterocycles. The van der Waals surface area contributed by atoms with Crippen molar-refractivity contribution in [3.05, 3.63) is 0 Å². The quantitative estimate of drug-likeness (QED) is 0.444. The Balaban J connectivity index is 2.59. The maximum atomic E-state index is 11.0. The van der Waals surface area contributed by atoms with E-state index < -0.39 is 30.7 Å². The first-order chi connectivity index (χ1) is 8.01. The van der Waals surface area contributed by atoms with Crippen LogP contribution in [0.15, 0.2) is 0 Å². The Labute approximate surface area is 100.0 Å². The van der Waals surface area contributed by atoms with Crippen LogP contribution in [0.1, 0.15) is 19.8 Å². The molecule has 1 fully saturated rings. The van der Waals surface area contributed by atoms with Gasteiger partial charge in [0.15, 0.2) is 6.35 Å². The molecule has 1 aliphatic rings. The molecule has 4 unspecified atom stereocenters. The summed E-state index contributed by atoms with van der Waals surface area (Å²) >= 11 is 0. The summed E-state index contributed by atoms with van der Waals surface area (Å²) in [5, 5.41) is 31.7. The number of nitrogens with one attached hydrogen (secondary N) is 1. The molecule has 0 aliphatic carbocycles. The summed E-state index contributed by atoms with van der Waals surface area (Å²) in [6.07, 6.45) is -2.50. The maximum absolute atomic E-state index is 11.0. The second-order valence-electron chi connectivity index (χ2n) is 4.03. The third-order valence-electron chi connectivity index (χ3n) is 3.04. The molecule has 0 spiro atoms. The van der Waals surface area contributed by atoms with Gasteiger partial charge in [0.2, 0.25) is 0 Å². The van der Waals surface area contributed by atoms with Crippen LogP contribution in [0.5, 0.6) is 0 Å². The van der Waals surface area contributed by atoms with E-state index in [0.717, 1.165) is 0 Å².